The van der Waals surface area contributed by atoms with Crippen molar-refractivity contribution in [3.05, 3.63) is 71.3 Å². The first-order valence-electron chi connectivity index (χ1n) is 10.5. The highest BCUT2D eigenvalue weighted by atomic mass is 16.5. The molecule has 3 atom stereocenters. The Balaban J connectivity index is 1.73. The van der Waals surface area contributed by atoms with Crippen LogP contribution in [0.2, 0.25) is 0 Å². The molecule has 0 radical (unpaired) electrons. The van der Waals surface area contributed by atoms with Crippen LogP contribution in [0.25, 0.3) is 0 Å². The smallest absolute Gasteiger partial charge is 0.0606 e. The molecule has 2 heteroatoms. The summed E-state index contributed by atoms with van der Waals surface area (Å²) in [4.78, 5) is 0. The molecule has 0 aromatic heterocycles. The van der Waals surface area contributed by atoms with E-state index in [1.54, 1.807) is 0 Å². The number of hydrogen-bond acceptors (Lipinski definition) is 2. The van der Waals surface area contributed by atoms with Gasteiger partial charge in [0, 0.05) is 18.1 Å². The van der Waals surface area contributed by atoms with Gasteiger partial charge in [-0.3, -0.25) is 0 Å². The van der Waals surface area contributed by atoms with Crippen LogP contribution in [0, 0.1) is 12.8 Å². The molecule has 0 bridgehead atoms. The summed E-state index contributed by atoms with van der Waals surface area (Å²) in [7, 11) is 0. The lowest BCUT2D eigenvalue weighted by Crippen LogP contribution is -2.42. The van der Waals surface area contributed by atoms with E-state index in [-0.39, 0.29) is 5.41 Å². The molecule has 3 rings (SSSR count). The second-order valence-electron chi connectivity index (χ2n) is 8.59. The van der Waals surface area contributed by atoms with E-state index < -0.39 is 0 Å². The molecule has 2 aromatic rings. The maximum absolute atomic E-state index is 6.12. The number of hydrogen-bond donors (Lipinski definition) is 1. The molecule has 1 N–H and O–H groups in total. The van der Waals surface area contributed by atoms with Crippen LogP contribution in [0.15, 0.2) is 54.6 Å². The van der Waals surface area contributed by atoms with Gasteiger partial charge in [-0.15, -0.1) is 0 Å². The molecule has 2 nitrogen and oxygen atoms in total. The van der Waals surface area contributed by atoms with Gasteiger partial charge in [-0.2, -0.15) is 0 Å². The molecule has 1 aliphatic rings. The van der Waals surface area contributed by atoms with Gasteiger partial charge in [-0.05, 0) is 56.7 Å². The molecule has 146 valence electrons. The standard InChI is InChI=1S/C25H35NO/c1-19(2)24-18-25(15-17-27-24,23-12-10-20(3)11-13-23)14-16-26-21(4)22-8-6-5-7-9-22/h5-13,19,21,24,26H,14-18H2,1-4H3/t21-,24+,25+/m0/s1. The highest BCUT2D eigenvalue weighted by molar-refractivity contribution is 5.30. The fourth-order valence-electron chi connectivity index (χ4n) is 4.31. The van der Waals surface area contributed by atoms with Crippen LogP contribution >= 0.6 is 0 Å². The van der Waals surface area contributed by atoms with E-state index in [1.165, 1.54) is 16.7 Å². The third-order valence-corrected chi connectivity index (χ3v) is 6.27. The van der Waals surface area contributed by atoms with Crippen molar-refractivity contribution in [2.24, 2.45) is 5.92 Å². The summed E-state index contributed by atoms with van der Waals surface area (Å²) >= 11 is 0. The molecule has 0 spiro atoms. The third kappa shape index (κ3) is 5.00. The van der Waals surface area contributed by atoms with Gasteiger partial charge in [0.05, 0.1) is 6.10 Å². The quantitative estimate of drug-likeness (QED) is 0.668. The average molecular weight is 366 g/mol. The second-order valence-corrected chi connectivity index (χ2v) is 8.59. The summed E-state index contributed by atoms with van der Waals surface area (Å²) < 4.78 is 6.12. The van der Waals surface area contributed by atoms with Crippen molar-refractivity contribution in [3.63, 3.8) is 0 Å². The van der Waals surface area contributed by atoms with E-state index in [0.29, 0.717) is 18.1 Å². The Morgan fingerprint density at radius 1 is 1.04 bits per heavy atom. The maximum atomic E-state index is 6.12. The normalized spacial score (nSPS) is 24.1. The summed E-state index contributed by atoms with van der Waals surface area (Å²) in [5.74, 6) is 0.561. The second kappa shape index (κ2) is 9.03. The van der Waals surface area contributed by atoms with Crippen molar-refractivity contribution in [1.29, 1.82) is 0 Å². The minimum atomic E-state index is 0.213. The zero-order chi connectivity index (χ0) is 19.3. The van der Waals surface area contributed by atoms with Gasteiger partial charge in [0.15, 0.2) is 0 Å². The van der Waals surface area contributed by atoms with Crippen molar-refractivity contribution in [2.75, 3.05) is 13.2 Å². The van der Waals surface area contributed by atoms with Crippen LogP contribution in [0.3, 0.4) is 0 Å². The number of rotatable bonds is 7. The molecular weight excluding hydrogens is 330 g/mol. The molecule has 0 aliphatic carbocycles. The minimum Gasteiger partial charge on any atom is -0.378 e. The Labute approximate surface area is 165 Å². The summed E-state index contributed by atoms with van der Waals surface area (Å²) in [5.41, 5.74) is 4.38. The van der Waals surface area contributed by atoms with Gasteiger partial charge in [-0.1, -0.05) is 74.0 Å². The van der Waals surface area contributed by atoms with Crippen LogP contribution in [0.5, 0.6) is 0 Å². The summed E-state index contributed by atoms with van der Waals surface area (Å²) in [6, 6.07) is 20.3. The molecule has 0 unspecified atom stereocenters. The van der Waals surface area contributed by atoms with Crippen LogP contribution in [0.1, 0.15) is 62.8 Å². The van der Waals surface area contributed by atoms with Gasteiger partial charge >= 0.3 is 0 Å². The van der Waals surface area contributed by atoms with E-state index in [0.717, 1.165) is 32.4 Å². The fraction of sp³-hybridized carbons (Fsp3) is 0.520. The molecule has 1 heterocycles. The zero-order valence-corrected chi connectivity index (χ0v) is 17.4. The van der Waals surface area contributed by atoms with Crippen molar-refractivity contribution >= 4 is 0 Å². The van der Waals surface area contributed by atoms with Gasteiger partial charge in [-0.25, -0.2) is 0 Å². The number of aryl methyl sites for hydroxylation is 1. The predicted octanol–water partition coefficient (Wildman–Crippen LogP) is 5.81. The van der Waals surface area contributed by atoms with Gasteiger partial charge in [0.2, 0.25) is 0 Å². The summed E-state index contributed by atoms with van der Waals surface area (Å²) in [6.45, 7) is 10.9. The summed E-state index contributed by atoms with van der Waals surface area (Å²) in [6.07, 6.45) is 3.74. The first-order chi connectivity index (χ1) is 13.0. The first-order valence-corrected chi connectivity index (χ1v) is 10.5. The number of nitrogens with one attached hydrogen (secondary N) is 1. The molecule has 0 saturated carbocycles. The van der Waals surface area contributed by atoms with E-state index in [1.807, 2.05) is 0 Å². The SMILES string of the molecule is Cc1ccc([C@]2(CCN[C@@H](C)c3ccccc3)CCO[C@@H](C(C)C)C2)cc1. The minimum absolute atomic E-state index is 0.213. The molecule has 1 saturated heterocycles. The van der Waals surface area contributed by atoms with E-state index >= 15 is 0 Å². The Kier molecular flexibility index (Phi) is 6.73. The van der Waals surface area contributed by atoms with Gasteiger partial charge in [0.1, 0.15) is 0 Å². The third-order valence-electron chi connectivity index (χ3n) is 6.27. The largest absolute Gasteiger partial charge is 0.378 e. The number of benzene rings is 2. The molecule has 0 amide bonds. The Morgan fingerprint density at radius 2 is 1.74 bits per heavy atom. The number of ether oxygens (including phenoxy) is 1. The molecular formula is C25H35NO. The van der Waals surface area contributed by atoms with Crippen LogP contribution in [-0.4, -0.2) is 19.3 Å². The van der Waals surface area contributed by atoms with Crippen molar-refractivity contribution in [1.82, 2.24) is 5.32 Å². The van der Waals surface area contributed by atoms with Gasteiger partial charge < -0.3 is 10.1 Å². The highest BCUT2D eigenvalue weighted by Crippen LogP contribution is 2.41. The van der Waals surface area contributed by atoms with Crippen molar-refractivity contribution in [2.45, 2.75) is 64.5 Å². The molecule has 1 aliphatic heterocycles. The van der Waals surface area contributed by atoms with Crippen LogP contribution < -0.4 is 5.32 Å². The Hall–Kier alpha value is -1.64. The Bertz CT molecular complexity index is 694. The van der Waals surface area contributed by atoms with E-state index in [9.17, 15) is 0 Å². The molecule has 2 aromatic carbocycles. The predicted molar refractivity (Wildman–Crippen MR) is 114 cm³/mol. The lowest BCUT2D eigenvalue weighted by Gasteiger charge is -2.43. The molecule has 27 heavy (non-hydrogen) atoms. The summed E-state index contributed by atoms with van der Waals surface area (Å²) in [5, 5.41) is 3.76. The van der Waals surface area contributed by atoms with Crippen LogP contribution in [0.4, 0.5) is 0 Å². The maximum Gasteiger partial charge on any atom is 0.0606 e. The Morgan fingerprint density at radius 3 is 2.41 bits per heavy atom. The van der Waals surface area contributed by atoms with Crippen molar-refractivity contribution < 1.29 is 4.74 Å². The lowest BCUT2D eigenvalue weighted by atomic mass is 9.68. The monoisotopic (exact) mass is 365 g/mol. The highest BCUT2D eigenvalue weighted by Gasteiger charge is 2.39. The average Bonchev–Trinajstić information content (AvgIpc) is 2.69. The fourth-order valence-corrected chi connectivity index (χ4v) is 4.31. The first kappa shape index (κ1) is 20.1. The van der Waals surface area contributed by atoms with E-state index in [2.05, 4.69) is 87.6 Å². The molecule has 1 fully saturated rings. The van der Waals surface area contributed by atoms with Gasteiger partial charge in [0.25, 0.3) is 0 Å². The topological polar surface area (TPSA) is 21.3 Å². The van der Waals surface area contributed by atoms with E-state index in [4.69, 9.17) is 4.74 Å². The van der Waals surface area contributed by atoms with Crippen molar-refractivity contribution in [3.8, 4) is 0 Å². The van der Waals surface area contributed by atoms with Crippen LogP contribution in [-0.2, 0) is 10.2 Å². The lowest BCUT2D eigenvalue weighted by molar-refractivity contribution is -0.0470. The zero-order valence-electron chi connectivity index (χ0n) is 17.4.